The Labute approximate surface area is 235 Å². The molecule has 0 bridgehead atoms. The molecule has 0 N–H and O–H groups in total. The van der Waals surface area contributed by atoms with Crippen LogP contribution >= 0.6 is 15.9 Å². The molecule has 4 aromatic rings. The molecule has 2 heterocycles. The van der Waals surface area contributed by atoms with Crippen molar-refractivity contribution in [3.8, 4) is 34.3 Å². The second kappa shape index (κ2) is 11.8. The van der Waals surface area contributed by atoms with Crippen molar-refractivity contribution in [2.45, 2.75) is 36.9 Å². The summed E-state index contributed by atoms with van der Waals surface area (Å²) in [5.41, 5.74) is 4.79. The molecule has 1 unspecified atom stereocenters. The number of aryl methyl sites for hydroxylation is 2. The number of halogens is 1. The van der Waals surface area contributed by atoms with E-state index in [0.29, 0.717) is 29.5 Å². The first kappa shape index (κ1) is 26.6. The van der Waals surface area contributed by atoms with E-state index in [-0.39, 0.29) is 16.4 Å². The molecule has 1 atom stereocenters. The van der Waals surface area contributed by atoms with Crippen LogP contribution < -0.4 is 9.47 Å². The predicted molar refractivity (Wildman–Crippen MR) is 151 cm³/mol. The number of ether oxygens (including phenoxy) is 2. The standard InChI is InChI=1S/C15H13BrN2O2.C15H14N2O2/c1-20-11-5-2-9(3-6-11)15-17-8-10-4-7-12(16)14(19)13(10)18-15;1-19-12-7-5-10(6-8-12)15-16-9-11-3-2-4-13(18)14(11)17-15/h2-3,5-6,8,12H,4,7H2,1H3;5-9H,2-4H2,1H3. The lowest BCUT2D eigenvalue weighted by molar-refractivity contribution is 0.0962. The summed E-state index contributed by atoms with van der Waals surface area (Å²) in [4.78, 5) is 41.4. The highest BCUT2D eigenvalue weighted by Crippen LogP contribution is 2.27. The number of hydrogen-bond acceptors (Lipinski definition) is 8. The quantitative estimate of drug-likeness (QED) is 0.280. The minimum absolute atomic E-state index is 0.0448. The lowest BCUT2D eigenvalue weighted by Gasteiger charge is -2.18. The minimum Gasteiger partial charge on any atom is -0.497 e. The van der Waals surface area contributed by atoms with Gasteiger partial charge in [-0.3, -0.25) is 9.59 Å². The van der Waals surface area contributed by atoms with Gasteiger partial charge in [0.25, 0.3) is 0 Å². The van der Waals surface area contributed by atoms with Crippen LogP contribution in [0.5, 0.6) is 11.5 Å². The number of rotatable bonds is 4. The van der Waals surface area contributed by atoms with Crippen LogP contribution in [0.4, 0.5) is 0 Å². The molecule has 0 saturated heterocycles. The maximum atomic E-state index is 12.1. The number of hydrogen-bond donors (Lipinski definition) is 0. The molecule has 9 heteroatoms. The third-order valence-corrected chi connectivity index (χ3v) is 7.60. The molecular weight excluding hydrogens is 560 g/mol. The van der Waals surface area contributed by atoms with Gasteiger partial charge in [-0.1, -0.05) is 15.9 Å². The maximum absolute atomic E-state index is 12.1. The highest BCUT2D eigenvalue weighted by atomic mass is 79.9. The van der Waals surface area contributed by atoms with Crippen molar-refractivity contribution >= 4 is 27.5 Å². The van der Waals surface area contributed by atoms with Crippen LogP contribution in [0, 0.1) is 0 Å². The smallest absolute Gasteiger partial charge is 0.195 e. The zero-order valence-electron chi connectivity index (χ0n) is 21.7. The van der Waals surface area contributed by atoms with Gasteiger partial charge < -0.3 is 9.47 Å². The molecule has 6 rings (SSSR count). The topological polar surface area (TPSA) is 104 Å². The van der Waals surface area contributed by atoms with E-state index in [1.165, 1.54) is 0 Å². The zero-order valence-corrected chi connectivity index (χ0v) is 23.3. The van der Waals surface area contributed by atoms with Crippen LogP contribution in [0.15, 0.2) is 60.9 Å². The number of ketones is 2. The monoisotopic (exact) mass is 586 g/mol. The minimum atomic E-state index is -0.131. The third kappa shape index (κ3) is 5.88. The molecular formula is C30H27BrN4O4. The summed E-state index contributed by atoms with van der Waals surface area (Å²) in [5.74, 6) is 2.90. The van der Waals surface area contributed by atoms with Crippen LogP contribution in [0.1, 0.15) is 51.4 Å². The van der Waals surface area contributed by atoms with Crippen LogP contribution in [0.2, 0.25) is 0 Å². The van der Waals surface area contributed by atoms with Gasteiger partial charge in [-0.15, -0.1) is 0 Å². The highest BCUT2D eigenvalue weighted by molar-refractivity contribution is 9.10. The summed E-state index contributed by atoms with van der Waals surface area (Å²) in [6.45, 7) is 0. The van der Waals surface area contributed by atoms with Crippen LogP contribution in [-0.2, 0) is 12.8 Å². The number of benzene rings is 2. The Morgan fingerprint density at radius 3 is 1.77 bits per heavy atom. The van der Waals surface area contributed by atoms with Crippen molar-refractivity contribution in [1.82, 2.24) is 19.9 Å². The molecule has 2 aliphatic rings. The van der Waals surface area contributed by atoms with Crippen molar-refractivity contribution < 1.29 is 19.1 Å². The van der Waals surface area contributed by atoms with Gasteiger partial charge in [0.15, 0.2) is 23.2 Å². The Kier molecular flexibility index (Phi) is 8.07. The molecule has 0 fully saturated rings. The Morgan fingerprint density at radius 2 is 1.23 bits per heavy atom. The average Bonchev–Trinajstić information content (AvgIpc) is 2.99. The summed E-state index contributed by atoms with van der Waals surface area (Å²) < 4.78 is 10.2. The van der Waals surface area contributed by atoms with Crippen molar-refractivity contribution in [3.63, 3.8) is 0 Å². The van der Waals surface area contributed by atoms with Gasteiger partial charge in [0.2, 0.25) is 0 Å². The van der Waals surface area contributed by atoms with Crippen molar-refractivity contribution in [1.29, 1.82) is 0 Å². The molecule has 2 aromatic heterocycles. The van der Waals surface area contributed by atoms with Gasteiger partial charge in [-0.05, 0) is 85.3 Å². The number of carbonyl (C=O) groups is 2. The fourth-order valence-electron chi connectivity index (χ4n) is 4.51. The molecule has 0 saturated carbocycles. The summed E-state index contributed by atoms with van der Waals surface area (Å²) in [7, 11) is 3.25. The number of fused-ring (bicyclic) bond motifs is 2. The van der Waals surface area contributed by atoms with E-state index in [1.54, 1.807) is 26.6 Å². The van der Waals surface area contributed by atoms with Crippen molar-refractivity contribution in [2.24, 2.45) is 0 Å². The summed E-state index contributed by atoms with van der Waals surface area (Å²) >= 11 is 3.40. The molecule has 8 nitrogen and oxygen atoms in total. The number of nitrogens with zero attached hydrogens (tertiary/aromatic N) is 4. The Bertz CT molecular complexity index is 1510. The molecule has 0 amide bonds. The first-order valence-corrected chi connectivity index (χ1v) is 13.6. The fraction of sp³-hybridized carbons (Fsp3) is 0.267. The van der Waals surface area contributed by atoms with Gasteiger partial charge in [0, 0.05) is 29.9 Å². The molecule has 2 aliphatic carbocycles. The number of carbonyl (C=O) groups excluding carboxylic acids is 2. The van der Waals surface area contributed by atoms with E-state index in [1.807, 2.05) is 48.5 Å². The number of Topliss-reactive ketones (excluding diaryl/α,β-unsaturated/α-hetero) is 2. The van der Waals surface area contributed by atoms with E-state index in [4.69, 9.17) is 9.47 Å². The van der Waals surface area contributed by atoms with Crippen LogP contribution in [0.25, 0.3) is 22.8 Å². The van der Waals surface area contributed by atoms with E-state index in [2.05, 4.69) is 35.9 Å². The molecule has 39 heavy (non-hydrogen) atoms. The van der Waals surface area contributed by atoms with Crippen LogP contribution in [0.3, 0.4) is 0 Å². The average molecular weight is 587 g/mol. The molecule has 0 aliphatic heterocycles. The SMILES string of the molecule is COc1ccc(-c2ncc3c(n2)C(=O)C(Br)CC3)cc1.COc1ccc(-c2ncc3c(n2)C(=O)CCC3)cc1. The van der Waals surface area contributed by atoms with Crippen molar-refractivity contribution in [2.75, 3.05) is 14.2 Å². The normalized spacial score (nSPS) is 15.9. The Hall–Kier alpha value is -3.98. The first-order chi connectivity index (χ1) is 19.0. The zero-order chi connectivity index (χ0) is 27.4. The summed E-state index contributed by atoms with van der Waals surface area (Å²) in [6, 6.07) is 15.0. The van der Waals surface area contributed by atoms with Gasteiger partial charge >= 0.3 is 0 Å². The molecule has 0 radical (unpaired) electrons. The Balaban J connectivity index is 0.000000158. The van der Waals surface area contributed by atoms with Crippen molar-refractivity contribution in [3.05, 3.63) is 83.4 Å². The summed E-state index contributed by atoms with van der Waals surface area (Å²) in [6.07, 6.45) is 7.56. The van der Waals surface area contributed by atoms with Crippen LogP contribution in [-0.4, -0.2) is 50.5 Å². The van der Waals surface area contributed by atoms with Gasteiger partial charge in [-0.25, -0.2) is 19.9 Å². The summed E-state index contributed by atoms with van der Waals surface area (Å²) in [5, 5.41) is 0. The second-order valence-corrected chi connectivity index (χ2v) is 10.3. The number of methoxy groups -OCH3 is 2. The van der Waals surface area contributed by atoms with E-state index in [0.717, 1.165) is 59.4 Å². The first-order valence-electron chi connectivity index (χ1n) is 12.7. The largest absolute Gasteiger partial charge is 0.497 e. The maximum Gasteiger partial charge on any atom is 0.195 e. The highest BCUT2D eigenvalue weighted by Gasteiger charge is 2.27. The predicted octanol–water partition coefficient (Wildman–Crippen LogP) is 5.72. The lowest BCUT2D eigenvalue weighted by Crippen LogP contribution is -2.24. The van der Waals surface area contributed by atoms with E-state index < -0.39 is 0 Å². The van der Waals surface area contributed by atoms with E-state index in [9.17, 15) is 9.59 Å². The third-order valence-electron chi connectivity index (χ3n) is 6.72. The van der Waals surface area contributed by atoms with Gasteiger partial charge in [-0.2, -0.15) is 0 Å². The lowest BCUT2D eigenvalue weighted by atomic mass is 9.96. The number of alkyl halides is 1. The molecule has 0 spiro atoms. The fourth-order valence-corrected chi connectivity index (χ4v) is 4.96. The van der Waals surface area contributed by atoms with Gasteiger partial charge in [0.1, 0.15) is 22.9 Å². The molecule has 198 valence electrons. The Morgan fingerprint density at radius 1 is 0.718 bits per heavy atom. The van der Waals surface area contributed by atoms with E-state index >= 15 is 0 Å². The second-order valence-electron chi connectivity index (χ2n) is 9.24. The van der Waals surface area contributed by atoms with Gasteiger partial charge in [0.05, 0.1) is 19.0 Å². The number of aromatic nitrogens is 4. The molecule has 2 aromatic carbocycles.